The van der Waals surface area contributed by atoms with Crippen LogP contribution in [0.4, 0.5) is 5.69 Å². The average Bonchev–Trinajstić information content (AvgIpc) is 2.51. The predicted octanol–water partition coefficient (Wildman–Crippen LogP) is 3.87. The van der Waals surface area contributed by atoms with Crippen molar-refractivity contribution in [2.75, 3.05) is 10.8 Å². The third-order valence-electron chi connectivity index (χ3n) is 3.51. The maximum Gasteiger partial charge on any atom is 0.264 e. The summed E-state index contributed by atoms with van der Waals surface area (Å²) in [5.41, 5.74) is 0.931. The highest BCUT2D eigenvalue weighted by molar-refractivity contribution is 9.10. The maximum atomic E-state index is 13.2. The highest BCUT2D eigenvalue weighted by Gasteiger charge is 2.28. The smallest absolute Gasteiger partial charge is 0.264 e. The van der Waals surface area contributed by atoms with Crippen LogP contribution < -0.4 is 9.62 Å². The van der Waals surface area contributed by atoms with E-state index in [1.165, 1.54) is 0 Å². The van der Waals surface area contributed by atoms with Crippen LogP contribution in [0.25, 0.3) is 0 Å². The van der Waals surface area contributed by atoms with E-state index in [0.717, 1.165) is 14.3 Å². The van der Waals surface area contributed by atoms with E-state index in [9.17, 15) is 13.2 Å². The minimum absolute atomic E-state index is 0.145. The fourth-order valence-electron chi connectivity index (χ4n) is 2.37. The second kappa shape index (κ2) is 7.80. The largest absolute Gasteiger partial charge is 0.350 e. The van der Waals surface area contributed by atoms with Crippen molar-refractivity contribution in [3.05, 3.63) is 58.6 Å². The van der Waals surface area contributed by atoms with Gasteiger partial charge in [-0.1, -0.05) is 39.7 Å². The second-order valence-corrected chi connectivity index (χ2v) is 9.88. The van der Waals surface area contributed by atoms with Crippen molar-refractivity contribution in [3.63, 3.8) is 0 Å². The number of hydrogen-bond donors (Lipinski definition) is 1. The van der Waals surface area contributed by atoms with Crippen molar-refractivity contribution >= 4 is 37.5 Å². The number of nitrogens with one attached hydrogen (secondary N) is 1. The lowest BCUT2D eigenvalue weighted by Crippen LogP contribution is -2.47. The van der Waals surface area contributed by atoms with Gasteiger partial charge >= 0.3 is 0 Å². The summed E-state index contributed by atoms with van der Waals surface area (Å²) in [6, 6.07) is 13.5. The number of nitrogens with zero attached hydrogens (tertiary/aromatic N) is 1. The van der Waals surface area contributed by atoms with Crippen LogP contribution in [0.3, 0.4) is 0 Å². The summed E-state index contributed by atoms with van der Waals surface area (Å²) in [7, 11) is -3.89. The van der Waals surface area contributed by atoms with Crippen molar-refractivity contribution < 1.29 is 13.2 Å². The number of rotatable bonds is 5. The molecule has 0 unspecified atom stereocenters. The highest BCUT2D eigenvalue weighted by atomic mass is 79.9. The lowest BCUT2D eigenvalue weighted by Gasteiger charge is -2.27. The summed E-state index contributed by atoms with van der Waals surface area (Å²) >= 11 is 3.36. The van der Waals surface area contributed by atoms with E-state index >= 15 is 0 Å². The Hall–Kier alpha value is -1.86. The SMILES string of the molecule is Cc1ccc(S(=O)(=O)N(CC(=O)NC(C)(C)C)c2cccc(Br)c2)cc1. The molecule has 5 nitrogen and oxygen atoms in total. The van der Waals surface area contributed by atoms with Gasteiger partial charge in [0.25, 0.3) is 10.0 Å². The van der Waals surface area contributed by atoms with Gasteiger partial charge in [0.15, 0.2) is 0 Å². The Morgan fingerprint density at radius 3 is 2.27 bits per heavy atom. The Balaban J connectivity index is 2.46. The molecule has 26 heavy (non-hydrogen) atoms. The van der Waals surface area contributed by atoms with Crippen molar-refractivity contribution in [1.29, 1.82) is 0 Å². The van der Waals surface area contributed by atoms with Crippen LogP contribution in [0.1, 0.15) is 26.3 Å². The minimum atomic E-state index is -3.89. The molecule has 0 saturated heterocycles. The summed E-state index contributed by atoms with van der Waals surface area (Å²) in [5.74, 6) is -0.367. The zero-order valence-corrected chi connectivity index (χ0v) is 17.7. The Labute approximate surface area is 163 Å². The molecule has 0 saturated carbocycles. The molecule has 1 N–H and O–H groups in total. The molecule has 0 fully saturated rings. The van der Waals surface area contributed by atoms with Gasteiger partial charge in [-0.3, -0.25) is 9.10 Å². The molecule has 0 aromatic heterocycles. The van der Waals surface area contributed by atoms with Crippen LogP contribution in [0, 0.1) is 6.92 Å². The fourth-order valence-corrected chi connectivity index (χ4v) is 4.17. The van der Waals surface area contributed by atoms with Gasteiger partial charge in [0, 0.05) is 10.0 Å². The predicted molar refractivity (Wildman–Crippen MR) is 108 cm³/mol. The molecule has 0 heterocycles. The Morgan fingerprint density at radius 2 is 1.73 bits per heavy atom. The van der Waals surface area contributed by atoms with Crippen molar-refractivity contribution in [2.45, 2.75) is 38.1 Å². The van der Waals surface area contributed by atoms with Gasteiger partial charge in [-0.2, -0.15) is 0 Å². The number of carbonyl (C=O) groups excluding carboxylic acids is 1. The van der Waals surface area contributed by atoms with Crippen LogP contribution in [0.2, 0.25) is 0 Å². The van der Waals surface area contributed by atoms with E-state index in [1.54, 1.807) is 48.5 Å². The van der Waals surface area contributed by atoms with E-state index in [2.05, 4.69) is 21.2 Å². The highest BCUT2D eigenvalue weighted by Crippen LogP contribution is 2.26. The molecular formula is C19H23BrN2O3S. The first kappa shape index (κ1) is 20.5. The van der Waals surface area contributed by atoms with E-state index < -0.39 is 15.6 Å². The molecule has 0 bridgehead atoms. The molecule has 1 amide bonds. The van der Waals surface area contributed by atoms with Crippen LogP contribution in [0.15, 0.2) is 57.9 Å². The van der Waals surface area contributed by atoms with Crippen molar-refractivity contribution in [3.8, 4) is 0 Å². The number of sulfonamides is 1. The van der Waals surface area contributed by atoms with Crippen LogP contribution in [0.5, 0.6) is 0 Å². The van der Waals surface area contributed by atoms with Gasteiger partial charge < -0.3 is 5.32 Å². The van der Waals surface area contributed by atoms with E-state index in [-0.39, 0.29) is 17.3 Å². The number of carbonyl (C=O) groups is 1. The Kier molecular flexibility index (Phi) is 6.13. The Bertz CT molecular complexity index is 888. The minimum Gasteiger partial charge on any atom is -0.350 e. The van der Waals surface area contributed by atoms with Gasteiger partial charge in [-0.25, -0.2) is 8.42 Å². The van der Waals surface area contributed by atoms with Gasteiger partial charge in [-0.05, 0) is 58.0 Å². The van der Waals surface area contributed by atoms with Gasteiger partial charge in [-0.15, -0.1) is 0 Å². The molecule has 2 rings (SSSR count). The van der Waals surface area contributed by atoms with Gasteiger partial charge in [0.2, 0.25) is 5.91 Å². The third-order valence-corrected chi connectivity index (χ3v) is 5.79. The zero-order chi connectivity index (χ0) is 19.5. The average molecular weight is 439 g/mol. The third kappa shape index (κ3) is 5.32. The maximum absolute atomic E-state index is 13.2. The molecule has 2 aromatic rings. The second-order valence-electron chi connectivity index (χ2n) is 7.10. The number of aryl methyl sites for hydroxylation is 1. The lowest BCUT2D eigenvalue weighted by molar-refractivity contribution is -0.121. The number of benzene rings is 2. The summed E-state index contributed by atoms with van der Waals surface area (Å²) in [6.45, 7) is 7.14. The van der Waals surface area contributed by atoms with Crippen LogP contribution in [-0.2, 0) is 14.8 Å². The Morgan fingerprint density at radius 1 is 1.12 bits per heavy atom. The summed E-state index contributed by atoms with van der Waals surface area (Å²) in [5, 5.41) is 2.81. The normalized spacial score (nSPS) is 11.9. The topological polar surface area (TPSA) is 66.5 Å². The number of halogens is 1. The molecule has 7 heteroatoms. The van der Waals surface area contributed by atoms with E-state index in [1.807, 2.05) is 27.7 Å². The van der Waals surface area contributed by atoms with Gasteiger partial charge in [0.1, 0.15) is 6.54 Å². The molecule has 0 radical (unpaired) electrons. The van der Waals surface area contributed by atoms with E-state index in [4.69, 9.17) is 0 Å². The molecule has 0 aliphatic heterocycles. The zero-order valence-electron chi connectivity index (χ0n) is 15.3. The number of hydrogen-bond acceptors (Lipinski definition) is 3. The number of amides is 1. The molecule has 0 aliphatic rings. The first-order chi connectivity index (χ1) is 12.0. The number of anilines is 1. The molecule has 0 spiro atoms. The summed E-state index contributed by atoms with van der Waals surface area (Å²) < 4.78 is 28.2. The fraction of sp³-hybridized carbons (Fsp3) is 0.316. The van der Waals surface area contributed by atoms with E-state index in [0.29, 0.717) is 5.69 Å². The van der Waals surface area contributed by atoms with Gasteiger partial charge in [0.05, 0.1) is 10.6 Å². The molecule has 0 aliphatic carbocycles. The van der Waals surface area contributed by atoms with Crippen molar-refractivity contribution in [2.24, 2.45) is 0 Å². The monoisotopic (exact) mass is 438 g/mol. The quantitative estimate of drug-likeness (QED) is 0.770. The van der Waals surface area contributed by atoms with Crippen molar-refractivity contribution in [1.82, 2.24) is 5.32 Å². The summed E-state index contributed by atoms with van der Waals surface area (Å²) in [6.07, 6.45) is 0. The van der Waals surface area contributed by atoms with Crippen LogP contribution in [-0.4, -0.2) is 26.4 Å². The molecule has 0 atom stereocenters. The van der Waals surface area contributed by atoms with Crippen LogP contribution >= 0.6 is 15.9 Å². The summed E-state index contributed by atoms with van der Waals surface area (Å²) in [4.78, 5) is 12.6. The molecule has 2 aromatic carbocycles. The first-order valence-electron chi connectivity index (χ1n) is 8.15. The standard InChI is InChI=1S/C19H23BrN2O3S/c1-14-8-10-17(11-9-14)26(24,25)22(13-18(23)21-19(2,3)4)16-7-5-6-15(20)12-16/h5-12H,13H2,1-4H3,(H,21,23). The molecule has 140 valence electrons. The first-order valence-corrected chi connectivity index (χ1v) is 10.4. The molecular weight excluding hydrogens is 416 g/mol. The lowest BCUT2D eigenvalue weighted by atomic mass is 10.1.